The molecule has 2 N–H and O–H groups in total. The summed E-state index contributed by atoms with van der Waals surface area (Å²) in [6, 6.07) is 17.0. The number of hydrogen-bond donors (Lipinski definition) is 2. The van der Waals surface area contributed by atoms with Crippen LogP contribution in [0.2, 0.25) is 0 Å². The fourth-order valence-corrected chi connectivity index (χ4v) is 2.50. The molecule has 1 aromatic heterocycles. The second-order valence-electron chi connectivity index (χ2n) is 5.88. The van der Waals surface area contributed by atoms with Gasteiger partial charge in [-0.25, -0.2) is 4.79 Å². The average Bonchev–Trinajstić information content (AvgIpc) is 2.66. The lowest BCUT2D eigenvalue weighted by Crippen LogP contribution is -2.45. The van der Waals surface area contributed by atoms with Crippen LogP contribution >= 0.6 is 0 Å². The van der Waals surface area contributed by atoms with Gasteiger partial charge in [0.25, 0.3) is 5.91 Å². The summed E-state index contributed by atoms with van der Waals surface area (Å²) < 4.78 is 5.14. The quantitative estimate of drug-likeness (QED) is 0.691. The van der Waals surface area contributed by atoms with Gasteiger partial charge in [-0.2, -0.15) is 0 Å². The monoisotopic (exact) mass is 350 g/mol. The Morgan fingerprint density at radius 3 is 2.50 bits per heavy atom. The molecule has 3 aromatic rings. The molecule has 0 spiro atoms. The highest BCUT2D eigenvalue weighted by atomic mass is 16.4. The van der Waals surface area contributed by atoms with Gasteiger partial charge in [0.1, 0.15) is 17.2 Å². The molecule has 1 heterocycles. The first-order valence-corrected chi connectivity index (χ1v) is 8.20. The lowest BCUT2D eigenvalue weighted by Gasteiger charge is -2.14. The van der Waals surface area contributed by atoms with E-state index in [0.29, 0.717) is 17.5 Å². The van der Waals surface area contributed by atoms with Crippen LogP contribution in [0.15, 0.2) is 69.9 Å². The molecule has 26 heavy (non-hydrogen) atoms. The van der Waals surface area contributed by atoms with E-state index in [0.717, 1.165) is 5.56 Å². The molecule has 0 bridgehead atoms. The molecular weight excluding hydrogens is 332 g/mol. The number of carbonyl (C=O) groups excluding carboxylic acids is 2. The standard InChI is InChI=1S/C20H18N2O4/c1-13(18(23)21-12-14-7-3-2-4-8-14)22-19(24)16-11-15-9-5-6-10-17(15)26-20(16)25/h2-11,13H,12H2,1H3,(H,21,23)(H,22,24). The van der Waals surface area contributed by atoms with Gasteiger partial charge in [0.2, 0.25) is 5.91 Å². The van der Waals surface area contributed by atoms with E-state index < -0.39 is 17.6 Å². The topological polar surface area (TPSA) is 88.4 Å². The van der Waals surface area contributed by atoms with Crippen LogP contribution in [-0.4, -0.2) is 17.9 Å². The molecule has 2 amide bonds. The second-order valence-corrected chi connectivity index (χ2v) is 5.88. The van der Waals surface area contributed by atoms with Crippen molar-refractivity contribution in [3.63, 3.8) is 0 Å². The molecule has 6 heteroatoms. The number of carbonyl (C=O) groups is 2. The Bertz CT molecular complexity index is 995. The molecule has 0 aliphatic rings. The van der Waals surface area contributed by atoms with Gasteiger partial charge in [-0.15, -0.1) is 0 Å². The first kappa shape index (κ1) is 17.4. The summed E-state index contributed by atoms with van der Waals surface area (Å²) in [6.07, 6.45) is 0. The molecule has 6 nitrogen and oxygen atoms in total. The second kappa shape index (κ2) is 7.65. The van der Waals surface area contributed by atoms with Crippen molar-refractivity contribution in [2.75, 3.05) is 0 Å². The maximum absolute atomic E-state index is 12.3. The fourth-order valence-electron chi connectivity index (χ4n) is 2.50. The zero-order chi connectivity index (χ0) is 18.5. The number of para-hydroxylation sites is 1. The highest BCUT2D eigenvalue weighted by Crippen LogP contribution is 2.12. The molecule has 0 radical (unpaired) electrons. The van der Waals surface area contributed by atoms with Crippen LogP contribution in [0.25, 0.3) is 11.0 Å². The van der Waals surface area contributed by atoms with Gasteiger partial charge in [-0.1, -0.05) is 48.5 Å². The summed E-state index contributed by atoms with van der Waals surface area (Å²) in [4.78, 5) is 36.5. The predicted octanol–water partition coefficient (Wildman–Crippen LogP) is 2.23. The van der Waals surface area contributed by atoms with Crippen molar-refractivity contribution in [2.45, 2.75) is 19.5 Å². The zero-order valence-corrected chi connectivity index (χ0v) is 14.2. The van der Waals surface area contributed by atoms with Crippen LogP contribution in [-0.2, 0) is 11.3 Å². The Morgan fingerprint density at radius 1 is 1.04 bits per heavy atom. The van der Waals surface area contributed by atoms with E-state index in [-0.39, 0.29) is 11.5 Å². The van der Waals surface area contributed by atoms with Crippen molar-refractivity contribution in [3.05, 3.63) is 82.2 Å². The largest absolute Gasteiger partial charge is 0.422 e. The minimum absolute atomic E-state index is 0.133. The van der Waals surface area contributed by atoms with Crippen LogP contribution in [0.5, 0.6) is 0 Å². The lowest BCUT2D eigenvalue weighted by molar-refractivity contribution is -0.122. The molecule has 2 aromatic carbocycles. The summed E-state index contributed by atoms with van der Waals surface area (Å²) in [5, 5.41) is 5.91. The van der Waals surface area contributed by atoms with Gasteiger partial charge in [0, 0.05) is 11.9 Å². The summed E-state index contributed by atoms with van der Waals surface area (Å²) in [5.74, 6) is -0.987. The van der Waals surface area contributed by atoms with Crippen LogP contribution in [0.1, 0.15) is 22.8 Å². The van der Waals surface area contributed by atoms with E-state index in [4.69, 9.17) is 4.42 Å². The van der Waals surface area contributed by atoms with E-state index in [9.17, 15) is 14.4 Å². The number of nitrogens with one attached hydrogen (secondary N) is 2. The minimum Gasteiger partial charge on any atom is -0.422 e. The number of fused-ring (bicyclic) bond motifs is 1. The van der Waals surface area contributed by atoms with Crippen LogP contribution in [0.4, 0.5) is 0 Å². The summed E-state index contributed by atoms with van der Waals surface area (Å²) in [6.45, 7) is 1.92. The molecule has 0 aliphatic carbocycles. The summed E-state index contributed by atoms with van der Waals surface area (Å²) >= 11 is 0. The fraction of sp³-hybridized carbons (Fsp3) is 0.150. The number of benzene rings is 2. The zero-order valence-electron chi connectivity index (χ0n) is 14.2. The van der Waals surface area contributed by atoms with Crippen molar-refractivity contribution in [3.8, 4) is 0 Å². The molecule has 0 aliphatic heterocycles. The molecule has 1 atom stereocenters. The predicted molar refractivity (Wildman–Crippen MR) is 97.7 cm³/mol. The van der Waals surface area contributed by atoms with E-state index >= 15 is 0 Å². The highest BCUT2D eigenvalue weighted by Gasteiger charge is 2.19. The Morgan fingerprint density at radius 2 is 1.73 bits per heavy atom. The third kappa shape index (κ3) is 3.97. The first-order valence-electron chi connectivity index (χ1n) is 8.20. The lowest BCUT2D eigenvalue weighted by atomic mass is 10.1. The molecule has 1 unspecified atom stereocenters. The summed E-state index contributed by atoms with van der Waals surface area (Å²) in [7, 11) is 0. The Labute approximate surface area is 149 Å². The van der Waals surface area contributed by atoms with E-state index in [1.54, 1.807) is 31.2 Å². The minimum atomic E-state index is -0.794. The number of rotatable bonds is 5. The van der Waals surface area contributed by atoms with Crippen molar-refractivity contribution < 1.29 is 14.0 Å². The maximum atomic E-state index is 12.3. The molecular formula is C20H18N2O4. The molecule has 132 valence electrons. The Kier molecular flexibility index (Phi) is 5.12. The van der Waals surface area contributed by atoms with Crippen LogP contribution in [0, 0.1) is 0 Å². The third-order valence-electron chi connectivity index (χ3n) is 3.94. The summed E-state index contributed by atoms with van der Waals surface area (Å²) in [5.41, 5.74) is 0.488. The van der Waals surface area contributed by atoms with Crippen molar-refractivity contribution >= 4 is 22.8 Å². The maximum Gasteiger partial charge on any atom is 0.349 e. The normalized spacial score (nSPS) is 11.7. The number of amides is 2. The van der Waals surface area contributed by atoms with Crippen LogP contribution in [0.3, 0.4) is 0 Å². The molecule has 0 fully saturated rings. The van der Waals surface area contributed by atoms with Crippen molar-refractivity contribution in [2.24, 2.45) is 0 Å². The molecule has 0 saturated carbocycles. The average molecular weight is 350 g/mol. The van der Waals surface area contributed by atoms with E-state index in [1.807, 2.05) is 30.3 Å². The van der Waals surface area contributed by atoms with Gasteiger partial charge < -0.3 is 15.1 Å². The molecule has 0 saturated heterocycles. The van der Waals surface area contributed by atoms with Gasteiger partial charge >= 0.3 is 5.63 Å². The number of hydrogen-bond acceptors (Lipinski definition) is 4. The van der Waals surface area contributed by atoms with Crippen molar-refractivity contribution in [1.82, 2.24) is 10.6 Å². The van der Waals surface area contributed by atoms with Gasteiger partial charge in [0.05, 0.1) is 0 Å². The van der Waals surface area contributed by atoms with E-state index in [1.165, 1.54) is 6.07 Å². The Balaban J connectivity index is 1.66. The third-order valence-corrected chi connectivity index (χ3v) is 3.94. The van der Waals surface area contributed by atoms with E-state index in [2.05, 4.69) is 10.6 Å². The van der Waals surface area contributed by atoms with Crippen molar-refractivity contribution in [1.29, 1.82) is 0 Å². The SMILES string of the molecule is CC(NC(=O)c1cc2ccccc2oc1=O)C(=O)NCc1ccccc1. The van der Waals surface area contributed by atoms with Gasteiger partial charge in [0.15, 0.2) is 0 Å². The van der Waals surface area contributed by atoms with Gasteiger partial charge in [-0.05, 0) is 24.6 Å². The smallest absolute Gasteiger partial charge is 0.349 e. The van der Waals surface area contributed by atoms with Crippen LogP contribution < -0.4 is 16.3 Å². The highest BCUT2D eigenvalue weighted by molar-refractivity contribution is 5.99. The molecule has 3 rings (SSSR count). The first-order chi connectivity index (χ1) is 12.5. The van der Waals surface area contributed by atoms with Gasteiger partial charge in [-0.3, -0.25) is 9.59 Å². The Hall–Kier alpha value is -3.41.